The summed E-state index contributed by atoms with van der Waals surface area (Å²) < 4.78 is 17.9. The van der Waals surface area contributed by atoms with Gasteiger partial charge in [0.05, 0.1) is 24.8 Å². The molecule has 23 heavy (non-hydrogen) atoms. The molecule has 1 aliphatic heterocycles. The van der Waals surface area contributed by atoms with Crippen LogP contribution in [0, 0.1) is 5.82 Å². The van der Waals surface area contributed by atoms with Crippen LogP contribution in [-0.4, -0.2) is 34.4 Å². The largest absolute Gasteiger partial charge is 0.472 e. The van der Waals surface area contributed by atoms with E-state index in [1.54, 1.807) is 11.0 Å². The maximum atomic E-state index is 12.9. The second kappa shape index (κ2) is 6.87. The van der Waals surface area contributed by atoms with Gasteiger partial charge in [-0.2, -0.15) is 0 Å². The van der Waals surface area contributed by atoms with Crippen LogP contribution in [0.4, 0.5) is 10.1 Å². The molecule has 2 amide bonds. The molecule has 1 saturated heterocycles. The number of furan rings is 1. The Morgan fingerprint density at radius 2 is 2.09 bits per heavy atom. The molecule has 0 aliphatic carbocycles. The zero-order valence-electron chi connectivity index (χ0n) is 12.2. The lowest BCUT2D eigenvalue weighted by Gasteiger charge is -2.23. The highest BCUT2D eigenvalue weighted by atomic mass is 32.2. The molecule has 3 rings (SSSR count). The van der Waals surface area contributed by atoms with Gasteiger partial charge < -0.3 is 14.6 Å². The molecule has 2 aromatic rings. The molecule has 7 heteroatoms. The quantitative estimate of drug-likeness (QED) is 0.933. The molecule has 1 aromatic heterocycles. The van der Waals surface area contributed by atoms with Crippen LogP contribution in [-0.2, 0) is 16.0 Å². The van der Waals surface area contributed by atoms with E-state index in [9.17, 15) is 14.0 Å². The first-order valence-electron chi connectivity index (χ1n) is 7.08. The molecule has 1 aliphatic rings. The van der Waals surface area contributed by atoms with Crippen molar-refractivity contribution in [2.24, 2.45) is 0 Å². The first kappa shape index (κ1) is 15.6. The lowest BCUT2D eigenvalue weighted by Crippen LogP contribution is -2.45. The predicted molar refractivity (Wildman–Crippen MR) is 85.4 cm³/mol. The molecule has 1 aromatic carbocycles. The van der Waals surface area contributed by atoms with E-state index in [1.807, 2.05) is 0 Å². The van der Waals surface area contributed by atoms with E-state index in [1.165, 1.54) is 48.6 Å². The Morgan fingerprint density at radius 1 is 1.30 bits per heavy atom. The van der Waals surface area contributed by atoms with Crippen LogP contribution < -0.4 is 5.32 Å². The molecule has 0 radical (unpaired) electrons. The van der Waals surface area contributed by atoms with Crippen molar-refractivity contribution in [1.82, 2.24) is 4.90 Å². The van der Waals surface area contributed by atoms with Gasteiger partial charge in [-0.25, -0.2) is 4.39 Å². The number of hydrogen-bond donors (Lipinski definition) is 1. The van der Waals surface area contributed by atoms with Gasteiger partial charge in [-0.05, 0) is 35.9 Å². The summed E-state index contributed by atoms with van der Waals surface area (Å²) >= 11 is 1.53. The number of thioether (sulfide) groups is 1. The number of rotatable bonds is 4. The molecule has 1 unspecified atom stereocenters. The van der Waals surface area contributed by atoms with Crippen molar-refractivity contribution < 1.29 is 18.4 Å². The molecule has 2 heterocycles. The fourth-order valence-electron chi connectivity index (χ4n) is 2.33. The first-order chi connectivity index (χ1) is 11.1. The van der Waals surface area contributed by atoms with E-state index in [4.69, 9.17) is 4.42 Å². The van der Waals surface area contributed by atoms with Gasteiger partial charge in [-0.1, -0.05) is 0 Å². The fourth-order valence-corrected chi connectivity index (χ4v) is 3.51. The Balaban J connectivity index is 1.64. The molecular weight excluding hydrogens is 319 g/mol. The molecule has 1 atom stereocenters. The Labute approximate surface area is 136 Å². The third-order valence-electron chi connectivity index (χ3n) is 3.55. The van der Waals surface area contributed by atoms with Crippen LogP contribution in [0.1, 0.15) is 5.56 Å². The molecule has 0 bridgehead atoms. The third kappa shape index (κ3) is 3.73. The summed E-state index contributed by atoms with van der Waals surface area (Å²) in [5.74, 6) is 0.289. The summed E-state index contributed by atoms with van der Waals surface area (Å²) in [5, 5.41) is 2.72. The maximum absolute atomic E-state index is 12.9. The summed E-state index contributed by atoms with van der Waals surface area (Å²) in [4.78, 5) is 26.3. The van der Waals surface area contributed by atoms with Crippen LogP contribution in [0.5, 0.6) is 0 Å². The van der Waals surface area contributed by atoms with E-state index in [0.29, 0.717) is 17.3 Å². The highest BCUT2D eigenvalue weighted by Gasteiger charge is 2.34. The van der Waals surface area contributed by atoms with Crippen LogP contribution in [0.3, 0.4) is 0 Å². The SMILES string of the molecule is O=C(Nc1ccc(F)cc1)C1CSCN1C(=O)Cc1ccoc1. The summed E-state index contributed by atoms with van der Waals surface area (Å²) in [6.45, 7) is 0. The van der Waals surface area contributed by atoms with Crippen molar-refractivity contribution in [2.45, 2.75) is 12.5 Å². The van der Waals surface area contributed by atoms with E-state index in [2.05, 4.69) is 5.32 Å². The summed E-state index contributed by atoms with van der Waals surface area (Å²) in [7, 11) is 0. The number of amides is 2. The Hall–Kier alpha value is -2.28. The Morgan fingerprint density at radius 3 is 2.78 bits per heavy atom. The van der Waals surface area contributed by atoms with Gasteiger partial charge in [0.25, 0.3) is 0 Å². The minimum Gasteiger partial charge on any atom is -0.472 e. The van der Waals surface area contributed by atoms with Crippen molar-refractivity contribution >= 4 is 29.3 Å². The average molecular weight is 334 g/mol. The van der Waals surface area contributed by atoms with Crippen molar-refractivity contribution in [3.63, 3.8) is 0 Å². The molecule has 1 N–H and O–H groups in total. The number of nitrogens with one attached hydrogen (secondary N) is 1. The monoisotopic (exact) mass is 334 g/mol. The lowest BCUT2D eigenvalue weighted by atomic mass is 10.2. The third-order valence-corrected chi connectivity index (χ3v) is 4.56. The smallest absolute Gasteiger partial charge is 0.248 e. The summed E-state index contributed by atoms with van der Waals surface area (Å²) in [6.07, 6.45) is 3.24. The topological polar surface area (TPSA) is 62.6 Å². The summed E-state index contributed by atoms with van der Waals surface area (Å²) in [6, 6.07) is 6.75. The number of nitrogens with zero attached hydrogens (tertiary/aromatic N) is 1. The Kier molecular flexibility index (Phi) is 4.66. The molecule has 120 valence electrons. The van der Waals surface area contributed by atoms with Crippen LogP contribution >= 0.6 is 11.8 Å². The van der Waals surface area contributed by atoms with Gasteiger partial charge in [0, 0.05) is 11.4 Å². The van der Waals surface area contributed by atoms with E-state index >= 15 is 0 Å². The van der Waals surface area contributed by atoms with Gasteiger partial charge in [-0.3, -0.25) is 9.59 Å². The number of carbonyl (C=O) groups is 2. The number of carbonyl (C=O) groups excluding carboxylic acids is 2. The average Bonchev–Trinajstić information content (AvgIpc) is 3.20. The fraction of sp³-hybridized carbons (Fsp3) is 0.250. The van der Waals surface area contributed by atoms with Crippen LogP contribution in [0.15, 0.2) is 47.3 Å². The normalized spacial score (nSPS) is 17.3. The molecule has 5 nitrogen and oxygen atoms in total. The summed E-state index contributed by atoms with van der Waals surface area (Å²) in [5.41, 5.74) is 1.29. The van der Waals surface area contributed by atoms with Gasteiger partial charge in [-0.15, -0.1) is 11.8 Å². The zero-order chi connectivity index (χ0) is 16.2. The number of benzene rings is 1. The van der Waals surface area contributed by atoms with Gasteiger partial charge in [0.2, 0.25) is 11.8 Å². The van der Waals surface area contributed by atoms with Gasteiger partial charge in [0.15, 0.2) is 0 Å². The van der Waals surface area contributed by atoms with Crippen LogP contribution in [0.2, 0.25) is 0 Å². The second-order valence-corrected chi connectivity index (χ2v) is 6.18. The zero-order valence-corrected chi connectivity index (χ0v) is 13.0. The maximum Gasteiger partial charge on any atom is 0.248 e. The highest BCUT2D eigenvalue weighted by Crippen LogP contribution is 2.23. The van der Waals surface area contributed by atoms with Crippen LogP contribution in [0.25, 0.3) is 0 Å². The predicted octanol–water partition coefficient (Wildman–Crippen LogP) is 2.50. The van der Waals surface area contributed by atoms with Gasteiger partial charge in [0.1, 0.15) is 11.9 Å². The molecular formula is C16H15FN2O3S. The minimum absolute atomic E-state index is 0.115. The highest BCUT2D eigenvalue weighted by molar-refractivity contribution is 7.99. The second-order valence-electron chi connectivity index (χ2n) is 5.18. The molecule has 0 spiro atoms. The van der Waals surface area contributed by atoms with E-state index < -0.39 is 6.04 Å². The van der Waals surface area contributed by atoms with Crippen molar-refractivity contribution in [3.8, 4) is 0 Å². The standard InChI is InChI=1S/C16H15FN2O3S/c17-12-1-3-13(4-2-12)18-16(21)14-9-23-10-19(14)15(20)7-11-5-6-22-8-11/h1-6,8,14H,7,9-10H2,(H,18,21). The lowest BCUT2D eigenvalue weighted by molar-refractivity contribution is -0.135. The first-order valence-corrected chi connectivity index (χ1v) is 8.23. The molecule has 0 saturated carbocycles. The molecule has 1 fully saturated rings. The van der Waals surface area contributed by atoms with Crippen molar-refractivity contribution in [1.29, 1.82) is 0 Å². The number of halogens is 1. The van der Waals surface area contributed by atoms with E-state index in [-0.39, 0.29) is 24.1 Å². The Bertz CT molecular complexity index is 688. The number of anilines is 1. The minimum atomic E-state index is -0.524. The van der Waals surface area contributed by atoms with E-state index in [0.717, 1.165) is 5.56 Å². The van der Waals surface area contributed by atoms with Crippen molar-refractivity contribution in [2.75, 3.05) is 16.9 Å². The van der Waals surface area contributed by atoms with Gasteiger partial charge >= 0.3 is 0 Å². The van der Waals surface area contributed by atoms with Crippen molar-refractivity contribution in [3.05, 3.63) is 54.2 Å². The number of hydrogen-bond acceptors (Lipinski definition) is 4.